The van der Waals surface area contributed by atoms with Crippen LogP contribution in [-0.2, 0) is 11.2 Å². The van der Waals surface area contributed by atoms with Crippen LogP contribution in [0.25, 0.3) is 10.8 Å². The molecule has 1 heterocycles. The van der Waals surface area contributed by atoms with Crippen molar-refractivity contribution in [3.63, 3.8) is 0 Å². The van der Waals surface area contributed by atoms with Gasteiger partial charge in [0.1, 0.15) is 11.9 Å². The van der Waals surface area contributed by atoms with Crippen LogP contribution in [0.1, 0.15) is 45.0 Å². The zero-order chi connectivity index (χ0) is 24.2. The number of para-hydroxylation sites is 1. The van der Waals surface area contributed by atoms with Crippen LogP contribution in [0.15, 0.2) is 84.9 Å². The highest BCUT2D eigenvalue weighted by molar-refractivity contribution is 5.91. The highest BCUT2D eigenvalue weighted by Gasteiger charge is 2.29. The third-order valence-electron chi connectivity index (χ3n) is 6.98. The molecule has 2 atom stereocenters. The number of aryl methyl sites for hydroxylation is 1. The number of esters is 1. The number of carbonyl (C=O) groups is 1. The van der Waals surface area contributed by atoms with Gasteiger partial charge in [0.05, 0.1) is 12.7 Å². The molecule has 178 valence electrons. The summed E-state index contributed by atoms with van der Waals surface area (Å²) in [5.41, 5.74) is 5.19. The Balaban J connectivity index is 1.30. The molecule has 0 amide bonds. The Morgan fingerprint density at radius 3 is 2.69 bits per heavy atom. The van der Waals surface area contributed by atoms with Crippen molar-refractivity contribution in [3.8, 4) is 5.75 Å². The van der Waals surface area contributed by atoms with Gasteiger partial charge in [0.2, 0.25) is 0 Å². The standard InChI is InChI=1S/C31H31NO3/c1-21-14-15-24(18-28(21)31(33)34-2)29-19-25(35-30-13-6-5-12-27(29)30)20-32-17-16-23-10-7-9-22-8-3-4-11-26(22)23/h3-15,18,25,29,32H,16-17,19-20H2,1-2H3/t25-,29+/m1/s1. The van der Waals surface area contributed by atoms with Gasteiger partial charge < -0.3 is 14.8 Å². The number of benzene rings is 4. The van der Waals surface area contributed by atoms with Crippen LogP contribution in [0, 0.1) is 6.92 Å². The van der Waals surface area contributed by atoms with E-state index in [1.807, 2.05) is 37.3 Å². The Kier molecular flexibility index (Phi) is 6.82. The molecule has 0 radical (unpaired) electrons. The van der Waals surface area contributed by atoms with Crippen molar-refractivity contribution in [3.05, 3.63) is 113 Å². The number of fused-ring (bicyclic) bond motifs is 2. The van der Waals surface area contributed by atoms with Gasteiger partial charge in [-0.05, 0) is 65.9 Å². The molecule has 1 aliphatic rings. The van der Waals surface area contributed by atoms with Gasteiger partial charge >= 0.3 is 5.97 Å². The number of rotatable bonds is 7. The zero-order valence-electron chi connectivity index (χ0n) is 20.3. The predicted molar refractivity (Wildman–Crippen MR) is 140 cm³/mol. The molecule has 1 N–H and O–H groups in total. The van der Waals surface area contributed by atoms with E-state index in [-0.39, 0.29) is 18.0 Å². The molecule has 4 heteroatoms. The topological polar surface area (TPSA) is 47.6 Å². The Morgan fingerprint density at radius 2 is 1.80 bits per heavy atom. The Labute approximate surface area is 206 Å². The highest BCUT2D eigenvalue weighted by atomic mass is 16.5. The minimum Gasteiger partial charge on any atom is -0.489 e. The summed E-state index contributed by atoms with van der Waals surface area (Å²) in [6.45, 7) is 3.60. The number of nitrogens with one attached hydrogen (secondary N) is 1. The smallest absolute Gasteiger partial charge is 0.338 e. The van der Waals surface area contributed by atoms with Crippen molar-refractivity contribution >= 4 is 16.7 Å². The van der Waals surface area contributed by atoms with E-state index in [0.29, 0.717) is 5.56 Å². The second kappa shape index (κ2) is 10.3. The fraction of sp³-hybridized carbons (Fsp3) is 0.258. The number of methoxy groups -OCH3 is 1. The first-order chi connectivity index (χ1) is 17.1. The molecule has 0 aliphatic carbocycles. The van der Waals surface area contributed by atoms with Crippen LogP contribution in [0.5, 0.6) is 5.75 Å². The van der Waals surface area contributed by atoms with E-state index >= 15 is 0 Å². The molecule has 0 aromatic heterocycles. The molecule has 0 saturated carbocycles. The largest absolute Gasteiger partial charge is 0.489 e. The molecule has 5 rings (SSSR count). The van der Waals surface area contributed by atoms with Crippen LogP contribution in [0.4, 0.5) is 0 Å². The third-order valence-corrected chi connectivity index (χ3v) is 6.98. The fourth-order valence-corrected chi connectivity index (χ4v) is 5.12. The van der Waals surface area contributed by atoms with Crippen molar-refractivity contribution in [2.75, 3.05) is 20.2 Å². The Hall–Kier alpha value is -3.63. The van der Waals surface area contributed by atoms with E-state index in [2.05, 4.69) is 59.9 Å². The quantitative estimate of drug-likeness (QED) is 0.267. The lowest BCUT2D eigenvalue weighted by Gasteiger charge is -2.33. The second-order valence-electron chi connectivity index (χ2n) is 9.22. The monoisotopic (exact) mass is 465 g/mol. The van der Waals surface area contributed by atoms with Crippen molar-refractivity contribution in [1.29, 1.82) is 0 Å². The van der Waals surface area contributed by atoms with Crippen molar-refractivity contribution in [1.82, 2.24) is 5.32 Å². The zero-order valence-corrected chi connectivity index (χ0v) is 20.3. The first-order valence-electron chi connectivity index (χ1n) is 12.3. The third kappa shape index (κ3) is 4.94. The van der Waals surface area contributed by atoms with Gasteiger partial charge in [-0.2, -0.15) is 0 Å². The average Bonchev–Trinajstić information content (AvgIpc) is 2.90. The average molecular weight is 466 g/mol. The summed E-state index contributed by atoms with van der Waals surface area (Å²) in [5.74, 6) is 0.787. The number of hydrogen-bond donors (Lipinski definition) is 1. The lowest BCUT2D eigenvalue weighted by atomic mass is 9.83. The van der Waals surface area contributed by atoms with Crippen LogP contribution in [0.2, 0.25) is 0 Å². The molecule has 0 fully saturated rings. The van der Waals surface area contributed by atoms with E-state index < -0.39 is 0 Å². The van der Waals surface area contributed by atoms with Gasteiger partial charge in [-0.25, -0.2) is 4.79 Å². The second-order valence-corrected chi connectivity index (χ2v) is 9.22. The van der Waals surface area contributed by atoms with Crippen molar-refractivity contribution in [2.45, 2.75) is 31.8 Å². The van der Waals surface area contributed by atoms with Gasteiger partial charge in [0.15, 0.2) is 0 Å². The number of carbonyl (C=O) groups excluding carboxylic acids is 1. The van der Waals surface area contributed by atoms with E-state index in [1.54, 1.807) is 0 Å². The molecule has 0 saturated heterocycles. The maximum Gasteiger partial charge on any atom is 0.338 e. The first kappa shape index (κ1) is 23.1. The molecular weight excluding hydrogens is 434 g/mol. The highest BCUT2D eigenvalue weighted by Crippen LogP contribution is 2.40. The van der Waals surface area contributed by atoms with E-state index in [9.17, 15) is 4.79 Å². The summed E-state index contributed by atoms with van der Waals surface area (Å²) in [6.07, 6.45) is 1.86. The molecule has 0 spiro atoms. The van der Waals surface area contributed by atoms with Gasteiger partial charge in [-0.1, -0.05) is 72.8 Å². The molecular formula is C31H31NO3. The first-order valence-corrected chi connectivity index (χ1v) is 12.3. The lowest BCUT2D eigenvalue weighted by Crippen LogP contribution is -2.36. The van der Waals surface area contributed by atoms with Crippen LogP contribution in [0.3, 0.4) is 0 Å². The van der Waals surface area contributed by atoms with Crippen molar-refractivity contribution in [2.24, 2.45) is 0 Å². The maximum absolute atomic E-state index is 12.3. The van der Waals surface area contributed by atoms with Crippen molar-refractivity contribution < 1.29 is 14.3 Å². The Morgan fingerprint density at radius 1 is 1.00 bits per heavy atom. The molecule has 4 aromatic rings. The van der Waals surface area contributed by atoms with E-state index in [0.717, 1.165) is 42.8 Å². The normalized spacial score (nSPS) is 17.0. The number of ether oxygens (including phenoxy) is 2. The van der Waals surface area contributed by atoms with Crippen LogP contribution >= 0.6 is 0 Å². The number of hydrogen-bond acceptors (Lipinski definition) is 4. The van der Waals surface area contributed by atoms with E-state index in [4.69, 9.17) is 9.47 Å². The maximum atomic E-state index is 12.3. The SMILES string of the molecule is COC(=O)c1cc([C@@H]2C[C@H](CNCCc3cccc4ccccc34)Oc3ccccc32)ccc1C. The lowest BCUT2D eigenvalue weighted by molar-refractivity contribution is 0.0599. The molecule has 0 unspecified atom stereocenters. The molecule has 1 aliphatic heterocycles. The van der Waals surface area contributed by atoms with Gasteiger partial charge in [-0.3, -0.25) is 0 Å². The molecule has 35 heavy (non-hydrogen) atoms. The van der Waals surface area contributed by atoms with Gasteiger partial charge in [0, 0.05) is 18.0 Å². The summed E-state index contributed by atoms with van der Waals surface area (Å²) in [4.78, 5) is 12.3. The summed E-state index contributed by atoms with van der Waals surface area (Å²) in [5, 5.41) is 6.22. The van der Waals surface area contributed by atoms with Crippen LogP contribution in [-0.4, -0.2) is 32.3 Å². The Bertz CT molecular complexity index is 1340. The minimum absolute atomic E-state index is 0.0466. The van der Waals surface area contributed by atoms with Crippen LogP contribution < -0.4 is 10.1 Å². The van der Waals surface area contributed by atoms with E-state index in [1.165, 1.54) is 29.0 Å². The molecule has 4 aromatic carbocycles. The molecule has 0 bridgehead atoms. The summed E-state index contributed by atoms with van der Waals surface area (Å²) in [7, 11) is 1.43. The van der Waals surface area contributed by atoms with Gasteiger partial charge in [-0.15, -0.1) is 0 Å². The molecule has 4 nitrogen and oxygen atoms in total. The summed E-state index contributed by atoms with van der Waals surface area (Å²) in [6, 6.07) is 29.4. The predicted octanol–water partition coefficient (Wildman–Crippen LogP) is 6.05. The van der Waals surface area contributed by atoms with Gasteiger partial charge in [0.25, 0.3) is 0 Å². The minimum atomic E-state index is -0.295. The summed E-state index contributed by atoms with van der Waals surface area (Å²) >= 11 is 0. The summed E-state index contributed by atoms with van der Waals surface area (Å²) < 4.78 is 11.4. The fourth-order valence-electron chi connectivity index (χ4n) is 5.12.